The number of halogens is 1. The fourth-order valence-electron chi connectivity index (χ4n) is 1.58. The molecule has 0 amide bonds. The lowest BCUT2D eigenvalue weighted by atomic mass is 10.0. The van der Waals surface area contributed by atoms with Crippen molar-refractivity contribution in [3.8, 4) is 0 Å². The van der Waals surface area contributed by atoms with Gasteiger partial charge in [0.2, 0.25) is 0 Å². The summed E-state index contributed by atoms with van der Waals surface area (Å²) < 4.78 is 4.47. The Morgan fingerprint density at radius 3 is 2.65 bits per heavy atom. The molecule has 0 bridgehead atoms. The summed E-state index contributed by atoms with van der Waals surface area (Å²) in [7, 11) is 1.26. The summed E-state index contributed by atoms with van der Waals surface area (Å²) >= 11 is 5.74. The molecule has 0 aromatic heterocycles. The van der Waals surface area contributed by atoms with Gasteiger partial charge < -0.3 is 9.84 Å². The Morgan fingerprint density at radius 1 is 1.41 bits per heavy atom. The standard InChI is InChI=1S/C13H17ClO3/c1-17-13(16)12(14)11(15)9-5-8-10-6-3-2-4-7-10/h2-4,6-7,11-12,15H,5,8-9H2,1H3/t11-,12-/m0/s1. The summed E-state index contributed by atoms with van der Waals surface area (Å²) in [5.74, 6) is -0.584. The molecule has 1 aromatic rings. The van der Waals surface area contributed by atoms with Crippen LogP contribution in [0, 0.1) is 0 Å². The fourth-order valence-corrected chi connectivity index (χ4v) is 1.79. The molecule has 0 saturated carbocycles. The first kappa shape index (κ1) is 14.0. The van der Waals surface area contributed by atoms with Crippen molar-refractivity contribution in [1.82, 2.24) is 0 Å². The van der Waals surface area contributed by atoms with E-state index in [1.165, 1.54) is 12.7 Å². The first-order chi connectivity index (χ1) is 8.15. The van der Waals surface area contributed by atoms with Crippen LogP contribution in [0.3, 0.4) is 0 Å². The number of carbonyl (C=O) groups excluding carboxylic acids is 1. The molecule has 0 fully saturated rings. The van der Waals surface area contributed by atoms with Crippen LogP contribution in [-0.4, -0.2) is 29.7 Å². The molecule has 0 saturated heterocycles. The van der Waals surface area contributed by atoms with E-state index in [1.807, 2.05) is 30.3 Å². The molecule has 0 heterocycles. The van der Waals surface area contributed by atoms with Crippen molar-refractivity contribution in [3.63, 3.8) is 0 Å². The van der Waals surface area contributed by atoms with Gasteiger partial charge in [0.25, 0.3) is 0 Å². The third-order valence-electron chi connectivity index (χ3n) is 2.57. The summed E-state index contributed by atoms with van der Waals surface area (Å²) in [5, 5.41) is 8.69. The number of aliphatic hydroxyl groups is 1. The van der Waals surface area contributed by atoms with Crippen LogP contribution in [0.5, 0.6) is 0 Å². The summed E-state index contributed by atoms with van der Waals surface area (Å²) in [5.41, 5.74) is 1.21. The van der Waals surface area contributed by atoms with Gasteiger partial charge in [0.15, 0.2) is 5.38 Å². The zero-order valence-corrected chi connectivity index (χ0v) is 10.6. The van der Waals surface area contributed by atoms with Crippen LogP contribution < -0.4 is 0 Å². The molecule has 0 spiro atoms. The van der Waals surface area contributed by atoms with E-state index in [0.29, 0.717) is 6.42 Å². The molecular weight excluding hydrogens is 240 g/mol. The van der Waals surface area contributed by atoms with Crippen molar-refractivity contribution < 1.29 is 14.6 Å². The van der Waals surface area contributed by atoms with Gasteiger partial charge in [0, 0.05) is 0 Å². The Balaban J connectivity index is 2.29. The van der Waals surface area contributed by atoms with E-state index in [2.05, 4.69) is 4.74 Å². The Kier molecular flexibility index (Phi) is 6.01. The highest BCUT2D eigenvalue weighted by molar-refractivity contribution is 6.30. The van der Waals surface area contributed by atoms with Gasteiger partial charge in [-0.25, -0.2) is 0 Å². The molecule has 0 aliphatic heterocycles. The fraction of sp³-hybridized carbons (Fsp3) is 0.462. The summed E-state index contributed by atoms with van der Waals surface area (Å²) in [6.07, 6.45) is 1.28. The first-order valence-corrected chi connectivity index (χ1v) is 6.02. The number of methoxy groups -OCH3 is 1. The van der Waals surface area contributed by atoms with Crippen LogP contribution >= 0.6 is 11.6 Å². The summed E-state index contributed by atoms with van der Waals surface area (Å²) in [6.45, 7) is 0. The normalized spacial score (nSPS) is 14.1. The lowest BCUT2D eigenvalue weighted by Crippen LogP contribution is -2.30. The van der Waals surface area contributed by atoms with E-state index in [9.17, 15) is 9.90 Å². The molecule has 94 valence electrons. The highest BCUT2D eigenvalue weighted by Gasteiger charge is 2.24. The lowest BCUT2D eigenvalue weighted by molar-refractivity contribution is -0.142. The van der Waals surface area contributed by atoms with Crippen LogP contribution in [-0.2, 0) is 16.0 Å². The molecule has 2 atom stereocenters. The van der Waals surface area contributed by atoms with Crippen LogP contribution in [0.2, 0.25) is 0 Å². The van der Waals surface area contributed by atoms with E-state index in [1.54, 1.807) is 0 Å². The Morgan fingerprint density at radius 2 is 2.06 bits per heavy atom. The van der Waals surface area contributed by atoms with Gasteiger partial charge in [-0.2, -0.15) is 0 Å². The monoisotopic (exact) mass is 256 g/mol. The zero-order chi connectivity index (χ0) is 12.7. The molecular formula is C13H17ClO3. The highest BCUT2D eigenvalue weighted by atomic mass is 35.5. The van der Waals surface area contributed by atoms with Crippen molar-refractivity contribution in [2.75, 3.05) is 7.11 Å². The Labute approximate surface area is 106 Å². The summed E-state index contributed by atoms with van der Waals surface area (Å²) in [4.78, 5) is 11.1. The van der Waals surface area contributed by atoms with E-state index >= 15 is 0 Å². The van der Waals surface area contributed by atoms with Crippen LogP contribution in [0.1, 0.15) is 18.4 Å². The van der Waals surface area contributed by atoms with Crippen molar-refractivity contribution >= 4 is 17.6 Å². The van der Waals surface area contributed by atoms with Gasteiger partial charge in [-0.3, -0.25) is 4.79 Å². The number of aryl methyl sites for hydroxylation is 1. The average molecular weight is 257 g/mol. The second-order valence-electron chi connectivity index (χ2n) is 3.87. The second-order valence-corrected chi connectivity index (χ2v) is 4.34. The number of carbonyl (C=O) groups is 1. The molecule has 0 unspecified atom stereocenters. The largest absolute Gasteiger partial charge is 0.468 e. The molecule has 17 heavy (non-hydrogen) atoms. The maximum atomic E-state index is 11.1. The Bertz CT molecular complexity index is 340. The van der Waals surface area contributed by atoms with Gasteiger partial charge in [-0.05, 0) is 24.8 Å². The molecule has 0 aliphatic rings. The highest BCUT2D eigenvalue weighted by Crippen LogP contribution is 2.13. The number of esters is 1. The summed E-state index contributed by atoms with van der Waals surface area (Å²) in [6, 6.07) is 9.98. The van der Waals surface area contributed by atoms with Crippen LogP contribution in [0.25, 0.3) is 0 Å². The minimum Gasteiger partial charge on any atom is -0.468 e. The molecule has 4 heteroatoms. The van der Waals surface area contributed by atoms with E-state index in [0.717, 1.165) is 12.8 Å². The van der Waals surface area contributed by atoms with Crippen molar-refractivity contribution in [2.24, 2.45) is 0 Å². The second kappa shape index (κ2) is 7.30. The van der Waals surface area contributed by atoms with Crippen molar-refractivity contribution in [2.45, 2.75) is 30.7 Å². The predicted octanol–water partition coefficient (Wildman–Crippen LogP) is 2.15. The molecule has 3 nitrogen and oxygen atoms in total. The SMILES string of the molecule is COC(=O)[C@@H](Cl)[C@@H](O)CCCc1ccccc1. The van der Waals surface area contributed by atoms with Crippen LogP contribution in [0.4, 0.5) is 0 Å². The quantitative estimate of drug-likeness (QED) is 0.627. The van der Waals surface area contributed by atoms with Gasteiger partial charge in [-0.15, -0.1) is 11.6 Å². The van der Waals surface area contributed by atoms with Gasteiger partial charge >= 0.3 is 5.97 Å². The number of benzene rings is 1. The molecule has 1 rings (SSSR count). The van der Waals surface area contributed by atoms with Crippen LogP contribution in [0.15, 0.2) is 30.3 Å². The van der Waals surface area contributed by atoms with E-state index in [-0.39, 0.29) is 0 Å². The maximum Gasteiger partial charge on any atom is 0.326 e. The average Bonchev–Trinajstić information content (AvgIpc) is 2.38. The number of alkyl halides is 1. The van der Waals surface area contributed by atoms with Gasteiger partial charge in [0.05, 0.1) is 13.2 Å². The minimum atomic E-state index is -0.976. The van der Waals surface area contributed by atoms with Gasteiger partial charge in [-0.1, -0.05) is 30.3 Å². The molecule has 0 aliphatic carbocycles. The zero-order valence-electron chi connectivity index (χ0n) is 9.80. The smallest absolute Gasteiger partial charge is 0.326 e. The third kappa shape index (κ3) is 4.75. The van der Waals surface area contributed by atoms with Gasteiger partial charge in [0.1, 0.15) is 0 Å². The predicted molar refractivity (Wildman–Crippen MR) is 67.0 cm³/mol. The van der Waals surface area contributed by atoms with E-state index < -0.39 is 17.5 Å². The molecule has 1 aromatic carbocycles. The third-order valence-corrected chi connectivity index (χ3v) is 3.04. The van der Waals surface area contributed by atoms with E-state index in [4.69, 9.17) is 11.6 Å². The maximum absolute atomic E-state index is 11.1. The Hall–Kier alpha value is -1.06. The lowest BCUT2D eigenvalue weighted by Gasteiger charge is -2.14. The number of hydrogen-bond acceptors (Lipinski definition) is 3. The van der Waals surface area contributed by atoms with Crippen molar-refractivity contribution in [3.05, 3.63) is 35.9 Å². The first-order valence-electron chi connectivity index (χ1n) is 5.59. The number of aliphatic hydroxyl groups excluding tert-OH is 1. The topological polar surface area (TPSA) is 46.5 Å². The number of hydrogen-bond donors (Lipinski definition) is 1. The minimum absolute atomic E-state index is 0.484. The molecule has 1 N–H and O–H groups in total. The number of ether oxygens (including phenoxy) is 1. The number of rotatable bonds is 6. The van der Waals surface area contributed by atoms with Crippen molar-refractivity contribution in [1.29, 1.82) is 0 Å². The molecule has 0 radical (unpaired) electrons.